The van der Waals surface area contributed by atoms with E-state index >= 15 is 0 Å². The molecule has 1 saturated heterocycles. The molecule has 4 heteroatoms. The molecule has 1 aromatic heterocycles. The first-order valence-electron chi connectivity index (χ1n) is 6.54. The Kier molecular flexibility index (Phi) is 2.95. The van der Waals surface area contributed by atoms with E-state index in [0.717, 1.165) is 36.0 Å². The molecule has 0 spiro atoms. The first-order valence-corrected chi connectivity index (χ1v) is 6.54. The monoisotopic (exact) mass is 255 g/mol. The third-order valence-electron chi connectivity index (χ3n) is 3.85. The second-order valence-corrected chi connectivity index (χ2v) is 5.34. The molecule has 2 N–H and O–H groups in total. The molecule has 0 saturated carbocycles. The van der Waals surface area contributed by atoms with E-state index in [-0.39, 0.29) is 11.3 Å². The third kappa shape index (κ3) is 2.19. The van der Waals surface area contributed by atoms with Crippen molar-refractivity contribution in [2.24, 2.45) is 5.41 Å². The number of aromatic nitrogens is 1. The Morgan fingerprint density at radius 1 is 1.42 bits per heavy atom. The molecule has 1 atom stereocenters. The van der Waals surface area contributed by atoms with Gasteiger partial charge in [-0.1, -0.05) is 12.1 Å². The fraction of sp³-hybridized carbons (Fsp3) is 0.333. The lowest BCUT2D eigenvalue weighted by Crippen LogP contribution is -2.35. The molecule has 1 aromatic carbocycles. The van der Waals surface area contributed by atoms with Crippen molar-refractivity contribution in [1.82, 2.24) is 10.3 Å². The van der Waals surface area contributed by atoms with E-state index in [4.69, 9.17) is 0 Å². The largest absolute Gasteiger partial charge is 0.325 e. The summed E-state index contributed by atoms with van der Waals surface area (Å²) < 4.78 is 0. The standard InChI is InChI=1S/C15H17N3O/c1-15(6-8-17-10-15)14(19)18-13-4-2-3-11-5-7-16-9-12(11)13/h2-5,7,9,17H,6,8,10H2,1H3,(H,18,19). The molecule has 1 aliphatic heterocycles. The topological polar surface area (TPSA) is 54.0 Å². The summed E-state index contributed by atoms with van der Waals surface area (Å²) in [5, 5.41) is 8.36. The Hall–Kier alpha value is -1.94. The van der Waals surface area contributed by atoms with Gasteiger partial charge in [-0.3, -0.25) is 9.78 Å². The van der Waals surface area contributed by atoms with Crippen LogP contribution >= 0.6 is 0 Å². The summed E-state index contributed by atoms with van der Waals surface area (Å²) in [6.07, 6.45) is 4.43. The summed E-state index contributed by atoms with van der Waals surface area (Å²) in [7, 11) is 0. The Morgan fingerprint density at radius 2 is 2.32 bits per heavy atom. The van der Waals surface area contributed by atoms with Gasteiger partial charge in [0, 0.05) is 24.3 Å². The van der Waals surface area contributed by atoms with Gasteiger partial charge in [-0.2, -0.15) is 0 Å². The minimum atomic E-state index is -0.315. The third-order valence-corrected chi connectivity index (χ3v) is 3.85. The minimum Gasteiger partial charge on any atom is -0.325 e. The van der Waals surface area contributed by atoms with Crippen molar-refractivity contribution in [3.8, 4) is 0 Å². The number of carbonyl (C=O) groups is 1. The molecule has 0 bridgehead atoms. The number of carbonyl (C=O) groups excluding carboxylic acids is 1. The number of anilines is 1. The van der Waals surface area contributed by atoms with Gasteiger partial charge < -0.3 is 10.6 Å². The predicted molar refractivity (Wildman–Crippen MR) is 76.0 cm³/mol. The summed E-state index contributed by atoms with van der Waals surface area (Å²) in [6.45, 7) is 3.65. The van der Waals surface area contributed by atoms with Gasteiger partial charge in [-0.25, -0.2) is 0 Å². The van der Waals surface area contributed by atoms with Crippen molar-refractivity contribution in [3.05, 3.63) is 36.7 Å². The molecule has 4 nitrogen and oxygen atoms in total. The van der Waals surface area contributed by atoms with Gasteiger partial charge in [0.15, 0.2) is 0 Å². The van der Waals surface area contributed by atoms with Gasteiger partial charge >= 0.3 is 0 Å². The van der Waals surface area contributed by atoms with E-state index in [2.05, 4.69) is 15.6 Å². The van der Waals surface area contributed by atoms with Gasteiger partial charge in [-0.15, -0.1) is 0 Å². The predicted octanol–water partition coefficient (Wildman–Crippen LogP) is 2.17. The van der Waals surface area contributed by atoms with Gasteiger partial charge in [0.1, 0.15) is 0 Å². The van der Waals surface area contributed by atoms with Crippen molar-refractivity contribution in [2.45, 2.75) is 13.3 Å². The summed E-state index contributed by atoms with van der Waals surface area (Å²) in [5.41, 5.74) is 0.522. The molecular formula is C15H17N3O. The molecule has 1 fully saturated rings. The van der Waals surface area contributed by atoms with Crippen LogP contribution in [-0.4, -0.2) is 24.0 Å². The van der Waals surface area contributed by atoms with Crippen LogP contribution < -0.4 is 10.6 Å². The van der Waals surface area contributed by atoms with Crippen LogP contribution in [0.5, 0.6) is 0 Å². The number of fused-ring (bicyclic) bond motifs is 1. The zero-order chi connectivity index (χ0) is 13.3. The van der Waals surface area contributed by atoms with E-state index < -0.39 is 0 Å². The van der Waals surface area contributed by atoms with Crippen LogP contribution in [0.4, 0.5) is 5.69 Å². The van der Waals surface area contributed by atoms with Crippen molar-refractivity contribution in [2.75, 3.05) is 18.4 Å². The highest BCUT2D eigenvalue weighted by Gasteiger charge is 2.36. The van der Waals surface area contributed by atoms with Gasteiger partial charge in [0.25, 0.3) is 0 Å². The Bertz CT molecular complexity index is 612. The number of amides is 1. The first kappa shape index (κ1) is 12.1. The van der Waals surface area contributed by atoms with Crippen molar-refractivity contribution in [3.63, 3.8) is 0 Å². The molecule has 1 unspecified atom stereocenters. The molecule has 0 radical (unpaired) electrons. The quantitative estimate of drug-likeness (QED) is 0.864. The number of pyridine rings is 1. The van der Waals surface area contributed by atoms with Crippen LogP contribution in [0.2, 0.25) is 0 Å². The summed E-state index contributed by atoms with van der Waals surface area (Å²) in [6, 6.07) is 7.84. The normalized spacial score (nSPS) is 22.6. The highest BCUT2D eigenvalue weighted by atomic mass is 16.2. The molecular weight excluding hydrogens is 238 g/mol. The zero-order valence-corrected chi connectivity index (χ0v) is 10.9. The molecule has 2 aromatic rings. The summed E-state index contributed by atoms with van der Waals surface area (Å²) in [4.78, 5) is 16.5. The maximum atomic E-state index is 12.4. The average Bonchev–Trinajstić information content (AvgIpc) is 2.87. The zero-order valence-electron chi connectivity index (χ0n) is 10.9. The van der Waals surface area contributed by atoms with Crippen LogP contribution in [0.3, 0.4) is 0 Å². The summed E-state index contributed by atoms with van der Waals surface area (Å²) in [5.74, 6) is 0.0776. The number of nitrogens with one attached hydrogen (secondary N) is 2. The lowest BCUT2D eigenvalue weighted by atomic mass is 9.88. The molecule has 0 aliphatic carbocycles. The molecule has 3 rings (SSSR count). The fourth-order valence-corrected chi connectivity index (χ4v) is 2.51. The second-order valence-electron chi connectivity index (χ2n) is 5.34. The highest BCUT2D eigenvalue weighted by Crippen LogP contribution is 2.28. The Labute approximate surface area is 112 Å². The first-order chi connectivity index (χ1) is 9.19. The maximum absolute atomic E-state index is 12.4. The lowest BCUT2D eigenvalue weighted by Gasteiger charge is -2.22. The Morgan fingerprint density at radius 3 is 3.11 bits per heavy atom. The van der Waals surface area contributed by atoms with E-state index in [0.29, 0.717) is 0 Å². The van der Waals surface area contributed by atoms with Gasteiger partial charge in [0.05, 0.1) is 11.1 Å². The smallest absolute Gasteiger partial charge is 0.231 e. The molecule has 1 aliphatic rings. The molecule has 2 heterocycles. The van der Waals surface area contributed by atoms with Crippen LogP contribution in [0.15, 0.2) is 36.7 Å². The van der Waals surface area contributed by atoms with Crippen LogP contribution in [-0.2, 0) is 4.79 Å². The molecule has 1 amide bonds. The average molecular weight is 255 g/mol. The summed E-state index contributed by atoms with van der Waals surface area (Å²) >= 11 is 0. The number of benzene rings is 1. The van der Waals surface area contributed by atoms with Crippen molar-refractivity contribution >= 4 is 22.4 Å². The maximum Gasteiger partial charge on any atom is 0.231 e. The molecule has 98 valence electrons. The van der Waals surface area contributed by atoms with Crippen LogP contribution in [0, 0.1) is 5.41 Å². The van der Waals surface area contributed by atoms with Crippen LogP contribution in [0.25, 0.3) is 10.8 Å². The second kappa shape index (κ2) is 4.63. The van der Waals surface area contributed by atoms with Crippen LogP contribution in [0.1, 0.15) is 13.3 Å². The van der Waals surface area contributed by atoms with E-state index in [1.54, 1.807) is 12.4 Å². The molecule has 19 heavy (non-hydrogen) atoms. The van der Waals surface area contributed by atoms with E-state index in [1.165, 1.54) is 0 Å². The lowest BCUT2D eigenvalue weighted by molar-refractivity contribution is -0.123. The van der Waals surface area contributed by atoms with E-state index in [9.17, 15) is 4.79 Å². The van der Waals surface area contributed by atoms with E-state index in [1.807, 2.05) is 31.2 Å². The minimum absolute atomic E-state index is 0.0776. The highest BCUT2D eigenvalue weighted by molar-refractivity contribution is 6.03. The Balaban J connectivity index is 1.91. The van der Waals surface area contributed by atoms with Crippen molar-refractivity contribution < 1.29 is 4.79 Å². The van der Waals surface area contributed by atoms with Crippen molar-refractivity contribution in [1.29, 1.82) is 0 Å². The van der Waals surface area contributed by atoms with Gasteiger partial charge in [0.2, 0.25) is 5.91 Å². The van der Waals surface area contributed by atoms with Gasteiger partial charge in [-0.05, 0) is 37.4 Å². The fourth-order valence-electron chi connectivity index (χ4n) is 2.51. The SMILES string of the molecule is CC1(C(=O)Nc2cccc3ccncc23)CCNC1. The number of nitrogens with zero attached hydrogens (tertiary/aromatic N) is 1. The number of hydrogen-bond donors (Lipinski definition) is 2. The number of rotatable bonds is 2. The number of hydrogen-bond acceptors (Lipinski definition) is 3.